The van der Waals surface area contributed by atoms with Crippen molar-refractivity contribution in [2.75, 3.05) is 5.73 Å². The van der Waals surface area contributed by atoms with Crippen LogP contribution < -0.4 is 5.73 Å². The van der Waals surface area contributed by atoms with E-state index >= 15 is 0 Å². The zero-order chi connectivity index (χ0) is 13.7. The molecule has 1 aromatic carbocycles. The van der Waals surface area contributed by atoms with Crippen molar-refractivity contribution in [1.29, 1.82) is 0 Å². The zero-order valence-electron chi connectivity index (χ0n) is 11.7. The Morgan fingerprint density at radius 3 is 2.90 bits per heavy atom. The fraction of sp³-hybridized carbons (Fsp3) is 0.533. The summed E-state index contributed by atoms with van der Waals surface area (Å²) >= 11 is 0. The molecule has 0 spiro atoms. The summed E-state index contributed by atoms with van der Waals surface area (Å²) in [5.74, 6) is 2.50. The van der Waals surface area contributed by atoms with Crippen molar-refractivity contribution in [2.24, 2.45) is 11.8 Å². The third-order valence-corrected chi connectivity index (χ3v) is 5.12. The van der Waals surface area contributed by atoms with Crippen molar-refractivity contribution >= 4 is 5.69 Å². The fourth-order valence-electron chi connectivity index (χ4n) is 4.00. The molecule has 20 heavy (non-hydrogen) atoms. The first kappa shape index (κ1) is 11.9. The number of rotatable bonds is 2. The number of hydrogen-bond acceptors (Lipinski definition) is 4. The van der Waals surface area contributed by atoms with Crippen LogP contribution in [0.2, 0.25) is 0 Å². The van der Waals surface area contributed by atoms with Gasteiger partial charge in [0.1, 0.15) is 0 Å². The molecule has 2 fully saturated rings. The summed E-state index contributed by atoms with van der Waals surface area (Å²) < 4.78 is 2.05. The lowest BCUT2D eigenvalue weighted by Crippen LogP contribution is -2.18. The van der Waals surface area contributed by atoms with E-state index in [0.717, 1.165) is 34.5 Å². The van der Waals surface area contributed by atoms with Gasteiger partial charge in [0.2, 0.25) is 0 Å². The lowest BCUT2D eigenvalue weighted by Gasteiger charge is -2.22. The van der Waals surface area contributed by atoms with Crippen molar-refractivity contribution in [1.82, 2.24) is 20.2 Å². The summed E-state index contributed by atoms with van der Waals surface area (Å²) in [6.45, 7) is 2.03. The van der Waals surface area contributed by atoms with Crippen molar-refractivity contribution in [2.45, 2.75) is 38.6 Å². The van der Waals surface area contributed by atoms with Gasteiger partial charge < -0.3 is 5.73 Å². The maximum absolute atomic E-state index is 6.01. The van der Waals surface area contributed by atoms with Crippen molar-refractivity contribution < 1.29 is 0 Å². The van der Waals surface area contributed by atoms with E-state index < -0.39 is 0 Å². The summed E-state index contributed by atoms with van der Waals surface area (Å²) in [5.41, 5.74) is 8.92. The van der Waals surface area contributed by atoms with Crippen LogP contribution in [0.1, 0.15) is 37.3 Å². The van der Waals surface area contributed by atoms with Crippen LogP contribution in [0.3, 0.4) is 0 Å². The molecule has 1 heterocycles. The van der Waals surface area contributed by atoms with Gasteiger partial charge in [-0.05, 0) is 60.1 Å². The Morgan fingerprint density at radius 1 is 1.25 bits per heavy atom. The Kier molecular flexibility index (Phi) is 2.55. The van der Waals surface area contributed by atoms with E-state index in [1.165, 1.54) is 25.7 Å². The fourth-order valence-corrected chi connectivity index (χ4v) is 4.00. The van der Waals surface area contributed by atoms with E-state index in [4.69, 9.17) is 5.73 Å². The van der Waals surface area contributed by atoms with Gasteiger partial charge in [-0.3, -0.25) is 0 Å². The molecule has 2 bridgehead atoms. The van der Waals surface area contributed by atoms with Crippen LogP contribution in [-0.4, -0.2) is 20.2 Å². The van der Waals surface area contributed by atoms with Crippen LogP contribution in [0.4, 0.5) is 5.69 Å². The van der Waals surface area contributed by atoms with Gasteiger partial charge in [0.15, 0.2) is 5.82 Å². The molecule has 1 aromatic heterocycles. The van der Waals surface area contributed by atoms with Gasteiger partial charge in [-0.2, -0.15) is 0 Å². The Bertz CT molecular complexity index is 647. The van der Waals surface area contributed by atoms with Gasteiger partial charge >= 0.3 is 0 Å². The average molecular weight is 269 g/mol. The standard InChI is InChI=1S/C15H19N5/c1-9-12(3-2-4-13(9)16)15-17-18-19-20(15)14-8-10-5-6-11(14)7-10/h2-4,10-11,14H,5-8,16H2,1H3. The average Bonchev–Trinajstić information content (AvgIpc) is 3.15. The van der Waals surface area contributed by atoms with Gasteiger partial charge in [0.25, 0.3) is 0 Å². The molecule has 2 aliphatic carbocycles. The number of fused-ring (bicyclic) bond motifs is 2. The largest absolute Gasteiger partial charge is 0.398 e. The van der Waals surface area contributed by atoms with E-state index in [9.17, 15) is 0 Å². The number of nitrogens with zero attached hydrogens (tertiary/aromatic N) is 4. The molecule has 0 radical (unpaired) electrons. The van der Waals surface area contributed by atoms with Crippen molar-refractivity contribution in [3.05, 3.63) is 23.8 Å². The van der Waals surface area contributed by atoms with Gasteiger partial charge in [0.05, 0.1) is 6.04 Å². The molecular weight excluding hydrogens is 250 g/mol. The van der Waals surface area contributed by atoms with Crippen LogP contribution in [-0.2, 0) is 0 Å². The highest BCUT2D eigenvalue weighted by Crippen LogP contribution is 2.51. The monoisotopic (exact) mass is 269 g/mol. The minimum absolute atomic E-state index is 0.472. The van der Waals surface area contributed by atoms with E-state index in [1.807, 2.05) is 23.7 Å². The smallest absolute Gasteiger partial charge is 0.182 e. The normalized spacial score (nSPS) is 28.1. The molecule has 2 aromatic rings. The number of hydrogen-bond donors (Lipinski definition) is 1. The first-order chi connectivity index (χ1) is 9.74. The predicted octanol–water partition coefficient (Wildman–Crippen LogP) is 2.59. The van der Waals surface area contributed by atoms with Gasteiger partial charge in [-0.15, -0.1) is 5.10 Å². The van der Waals surface area contributed by atoms with Crippen molar-refractivity contribution in [3.8, 4) is 11.4 Å². The van der Waals surface area contributed by atoms with Crippen LogP contribution in [0.15, 0.2) is 18.2 Å². The van der Waals surface area contributed by atoms with Crippen LogP contribution in [0, 0.1) is 18.8 Å². The number of aromatic nitrogens is 4. The molecule has 0 aliphatic heterocycles. The molecule has 5 heteroatoms. The first-order valence-electron chi connectivity index (χ1n) is 7.37. The highest BCUT2D eigenvalue weighted by Gasteiger charge is 2.42. The topological polar surface area (TPSA) is 69.6 Å². The second-order valence-corrected chi connectivity index (χ2v) is 6.21. The quantitative estimate of drug-likeness (QED) is 0.851. The number of benzene rings is 1. The maximum Gasteiger partial charge on any atom is 0.182 e. The molecule has 4 rings (SSSR count). The van der Waals surface area contributed by atoms with Crippen LogP contribution in [0.25, 0.3) is 11.4 Å². The van der Waals surface area contributed by atoms with Crippen molar-refractivity contribution in [3.63, 3.8) is 0 Å². The Hall–Kier alpha value is -1.91. The molecule has 5 nitrogen and oxygen atoms in total. The molecule has 2 aliphatic rings. The molecule has 0 saturated heterocycles. The first-order valence-corrected chi connectivity index (χ1v) is 7.37. The van der Waals surface area contributed by atoms with Gasteiger partial charge in [-0.25, -0.2) is 4.68 Å². The highest BCUT2D eigenvalue weighted by molar-refractivity contribution is 5.67. The second-order valence-electron chi connectivity index (χ2n) is 6.21. The summed E-state index contributed by atoms with van der Waals surface area (Å²) in [5, 5.41) is 12.5. The Balaban J connectivity index is 1.77. The summed E-state index contributed by atoms with van der Waals surface area (Å²) in [6.07, 6.45) is 5.28. The minimum atomic E-state index is 0.472. The summed E-state index contributed by atoms with van der Waals surface area (Å²) in [6, 6.07) is 6.42. The molecule has 104 valence electrons. The number of anilines is 1. The molecule has 0 amide bonds. The van der Waals surface area contributed by atoms with Crippen LogP contribution in [0.5, 0.6) is 0 Å². The molecular formula is C15H19N5. The Morgan fingerprint density at radius 2 is 2.15 bits per heavy atom. The number of tetrazole rings is 1. The lowest BCUT2D eigenvalue weighted by atomic mass is 9.95. The third kappa shape index (κ3) is 1.65. The lowest BCUT2D eigenvalue weighted by molar-refractivity contribution is 0.304. The van der Waals surface area contributed by atoms with E-state index in [0.29, 0.717) is 6.04 Å². The van der Waals surface area contributed by atoms with Crippen LogP contribution >= 0.6 is 0 Å². The number of nitrogens with two attached hydrogens (primary N) is 1. The molecule has 3 unspecified atom stereocenters. The van der Waals surface area contributed by atoms with Gasteiger partial charge in [0, 0.05) is 11.3 Å². The minimum Gasteiger partial charge on any atom is -0.398 e. The third-order valence-electron chi connectivity index (χ3n) is 5.12. The molecule has 2 N–H and O–H groups in total. The predicted molar refractivity (Wildman–Crippen MR) is 76.9 cm³/mol. The number of nitrogen functional groups attached to an aromatic ring is 1. The van der Waals surface area contributed by atoms with E-state index in [1.54, 1.807) is 0 Å². The summed E-state index contributed by atoms with van der Waals surface area (Å²) in [4.78, 5) is 0. The van der Waals surface area contributed by atoms with E-state index in [-0.39, 0.29) is 0 Å². The molecule has 2 saturated carbocycles. The Labute approximate surface area is 118 Å². The zero-order valence-corrected chi connectivity index (χ0v) is 11.7. The second kappa shape index (κ2) is 4.30. The van der Waals surface area contributed by atoms with E-state index in [2.05, 4.69) is 21.6 Å². The summed E-state index contributed by atoms with van der Waals surface area (Å²) in [7, 11) is 0. The SMILES string of the molecule is Cc1c(N)cccc1-c1nnnn1C1CC2CCC1C2. The molecule has 3 atom stereocenters. The maximum atomic E-state index is 6.01. The highest BCUT2D eigenvalue weighted by atomic mass is 15.6. The van der Waals surface area contributed by atoms with Gasteiger partial charge in [-0.1, -0.05) is 18.6 Å².